The van der Waals surface area contributed by atoms with Gasteiger partial charge in [0.2, 0.25) is 5.91 Å². The summed E-state index contributed by atoms with van der Waals surface area (Å²) in [5, 5.41) is 9.45. The van der Waals surface area contributed by atoms with Gasteiger partial charge < -0.3 is 9.47 Å². The predicted molar refractivity (Wildman–Crippen MR) is 116 cm³/mol. The zero-order chi connectivity index (χ0) is 22.0. The van der Waals surface area contributed by atoms with Crippen LogP contribution in [0.5, 0.6) is 0 Å². The van der Waals surface area contributed by atoms with Crippen molar-refractivity contribution < 1.29 is 13.6 Å². The van der Waals surface area contributed by atoms with E-state index in [1.807, 2.05) is 18.2 Å². The molecule has 0 aliphatic heterocycles. The molecule has 3 aromatic rings. The number of hydrogen-bond acceptors (Lipinski definition) is 4. The third-order valence-electron chi connectivity index (χ3n) is 5.60. The number of rotatable bonds is 8. The van der Waals surface area contributed by atoms with Gasteiger partial charge in [-0.3, -0.25) is 4.79 Å². The molecule has 4 rings (SSSR count). The lowest BCUT2D eigenvalue weighted by Crippen LogP contribution is -2.31. The zero-order valence-corrected chi connectivity index (χ0v) is 18.3. The summed E-state index contributed by atoms with van der Waals surface area (Å²) in [7, 11) is 1.67. The van der Waals surface area contributed by atoms with Crippen LogP contribution in [0.2, 0.25) is 0 Å². The first-order valence-electron chi connectivity index (χ1n) is 10.2. The van der Waals surface area contributed by atoms with Crippen LogP contribution >= 0.6 is 11.8 Å². The number of carbonyl (C=O) groups is 1. The quantitative estimate of drug-likeness (QED) is 0.471. The monoisotopic (exact) mass is 442 g/mol. The minimum Gasteiger partial charge on any atom is -0.338 e. The van der Waals surface area contributed by atoms with Crippen LogP contribution in [0.25, 0.3) is 0 Å². The number of amides is 1. The van der Waals surface area contributed by atoms with Crippen molar-refractivity contribution >= 4 is 17.7 Å². The third-order valence-corrected chi connectivity index (χ3v) is 6.55. The van der Waals surface area contributed by atoms with Crippen LogP contribution in [-0.2, 0) is 11.3 Å². The maximum atomic E-state index is 13.6. The number of benzene rings is 2. The van der Waals surface area contributed by atoms with Gasteiger partial charge in [0.15, 0.2) is 16.8 Å². The van der Waals surface area contributed by atoms with Crippen molar-refractivity contribution in [2.45, 2.75) is 43.4 Å². The molecule has 8 heteroatoms. The topological polar surface area (TPSA) is 51.0 Å². The molecular formula is C23H24F2N4OS. The van der Waals surface area contributed by atoms with E-state index < -0.39 is 11.6 Å². The molecule has 0 spiro atoms. The minimum atomic E-state index is -0.916. The third kappa shape index (κ3) is 4.95. The summed E-state index contributed by atoms with van der Waals surface area (Å²) in [6.45, 7) is 2.45. The highest BCUT2D eigenvalue weighted by atomic mass is 32.2. The SMILES string of the molecule is CC(c1ccc(F)c(F)c1)N(C)C(=O)CSc1nnc(C2CC2)n1Cc1ccccc1. The Kier molecular flexibility index (Phi) is 6.36. The minimum absolute atomic E-state index is 0.121. The fraction of sp³-hybridized carbons (Fsp3) is 0.348. The molecule has 1 unspecified atom stereocenters. The highest BCUT2D eigenvalue weighted by molar-refractivity contribution is 7.99. The van der Waals surface area contributed by atoms with Crippen molar-refractivity contribution in [3.63, 3.8) is 0 Å². The molecule has 162 valence electrons. The Balaban J connectivity index is 1.44. The van der Waals surface area contributed by atoms with E-state index in [1.165, 1.54) is 17.8 Å². The summed E-state index contributed by atoms with van der Waals surface area (Å²) >= 11 is 1.35. The number of halogens is 2. The average Bonchev–Trinajstić information content (AvgIpc) is 3.55. The molecule has 5 nitrogen and oxygen atoms in total. The van der Waals surface area contributed by atoms with E-state index >= 15 is 0 Å². The average molecular weight is 443 g/mol. The summed E-state index contributed by atoms with van der Waals surface area (Å²) in [5.41, 5.74) is 1.70. The highest BCUT2D eigenvalue weighted by Gasteiger charge is 2.31. The maximum absolute atomic E-state index is 13.6. The predicted octanol–water partition coefficient (Wildman–Crippen LogP) is 4.79. The van der Waals surface area contributed by atoms with Crippen molar-refractivity contribution in [2.24, 2.45) is 0 Å². The molecule has 0 saturated heterocycles. The van der Waals surface area contributed by atoms with Gasteiger partial charge in [0.1, 0.15) is 5.82 Å². The molecule has 0 N–H and O–H groups in total. The Labute approximate surface area is 184 Å². The van der Waals surface area contributed by atoms with Crippen LogP contribution in [0.15, 0.2) is 53.7 Å². The van der Waals surface area contributed by atoms with Crippen LogP contribution in [-0.4, -0.2) is 38.4 Å². The zero-order valence-electron chi connectivity index (χ0n) is 17.5. The molecule has 2 aromatic carbocycles. The number of nitrogens with zero attached hydrogens (tertiary/aromatic N) is 4. The maximum Gasteiger partial charge on any atom is 0.233 e. The lowest BCUT2D eigenvalue weighted by atomic mass is 10.1. The lowest BCUT2D eigenvalue weighted by Gasteiger charge is -2.25. The summed E-state index contributed by atoms with van der Waals surface area (Å²) in [6.07, 6.45) is 2.23. The molecule has 1 aliphatic carbocycles. The van der Waals surface area contributed by atoms with Crippen molar-refractivity contribution in [2.75, 3.05) is 12.8 Å². The molecule has 1 aliphatic rings. The van der Waals surface area contributed by atoms with Gasteiger partial charge in [-0.05, 0) is 43.0 Å². The molecule has 1 fully saturated rings. The molecule has 1 heterocycles. The number of thioether (sulfide) groups is 1. The molecular weight excluding hydrogens is 418 g/mol. The normalized spacial score (nSPS) is 14.5. The number of hydrogen-bond donors (Lipinski definition) is 0. The Hall–Kier alpha value is -2.74. The van der Waals surface area contributed by atoms with Crippen LogP contribution in [0.4, 0.5) is 8.78 Å². The largest absolute Gasteiger partial charge is 0.338 e. The summed E-state index contributed by atoms with van der Waals surface area (Å²) < 4.78 is 28.9. The van der Waals surface area contributed by atoms with Gasteiger partial charge in [-0.1, -0.05) is 48.2 Å². The summed E-state index contributed by atoms with van der Waals surface area (Å²) in [5.74, 6) is -0.336. The van der Waals surface area contributed by atoms with Gasteiger partial charge in [0.25, 0.3) is 0 Å². The van der Waals surface area contributed by atoms with Gasteiger partial charge in [-0.15, -0.1) is 10.2 Å². The first kappa shape index (κ1) is 21.5. The van der Waals surface area contributed by atoms with E-state index in [-0.39, 0.29) is 17.7 Å². The standard InChI is InChI=1S/C23H24F2N4OS/c1-15(18-10-11-19(24)20(25)12-18)28(2)21(30)14-31-23-27-26-22(17-8-9-17)29(23)13-16-6-4-3-5-7-16/h3-7,10-12,15,17H,8-9,13-14H2,1-2H3. The van der Waals surface area contributed by atoms with E-state index in [0.717, 1.165) is 36.4 Å². The van der Waals surface area contributed by atoms with E-state index in [4.69, 9.17) is 0 Å². The van der Waals surface area contributed by atoms with Crippen LogP contribution in [0.3, 0.4) is 0 Å². The smallest absolute Gasteiger partial charge is 0.233 e. The van der Waals surface area contributed by atoms with E-state index in [0.29, 0.717) is 23.2 Å². The first-order chi connectivity index (χ1) is 14.9. The van der Waals surface area contributed by atoms with E-state index in [1.54, 1.807) is 18.9 Å². The van der Waals surface area contributed by atoms with Crippen LogP contribution in [0, 0.1) is 11.6 Å². The Morgan fingerprint density at radius 2 is 1.90 bits per heavy atom. The molecule has 1 aromatic heterocycles. The molecule has 31 heavy (non-hydrogen) atoms. The fourth-order valence-corrected chi connectivity index (χ4v) is 4.27. The molecule has 1 atom stereocenters. The highest BCUT2D eigenvalue weighted by Crippen LogP contribution is 2.40. The van der Waals surface area contributed by atoms with Crippen LogP contribution < -0.4 is 0 Å². The second kappa shape index (κ2) is 9.18. The Morgan fingerprint density at radius 1 is 1.16 bits per heavy atom. The van der Waals surface area contributed by atoms with Gasteiger partial charge in [0.05, 0.1) is 18.3 Å². The second-order valence-electron chi connectivity index (χ2n) is 7.83. The first-order valence-corrected chi connectivity index (χ1v) is 11.2. The summed E-state index contributed by atoms with van der Waals surface area (Å²) in [6, 6.07) is 13.4. The molecule has 1 saturated carbocycles. The van der Waals surface area contributed by atoms with Gasteiger partial charge in [-0.25, -0.2) is 8.78 Å². The van der Waals surface area contributed by atoms with E-state index in [2.05, 4.69) is 26.9 Å². The molecule has 0 bridgehead atoms. The fourth-order valence-electron chi connectivity index (χ4n) is 3.40. The lowest BCUT2D eigenvalue weighted by molar-refractivity contribution is -0.128. The van der Waals surface area contributed by atoms with Crippen LogP contribution in [0.1, 0.15) is 48.7 Å². The molecule has 1 amide bonds. The summed E-state index contributed by atoms with van der Waals surface area (Å²) in [4.78, 5) is 14.3. The Bertz CT molecular complexity index is 1070. The Morgan fingerprint density at radius 3 is 2.58 bits per heavy atom. The van der Waals surface area contributed by atoms with Crippen molar-refractivity contribution in [1.29, 1.82) is 0 Å². The van der Waals surface area contributed by atoms with Gasteiger partial charge >= 0.3 is 0 Å². The van der Waals surface area contributed by atoms with Gasteiger partial charge in [0, 0.05) is 13.0 Å². The van der Waals surface area contributed by atoms with Gasteiger partial charge in [-0.2, -0.15) is 0 Å². The second-order valence-corrected chi connectivity index (χ2v) is 8.77. The molecule has 0 radical (unpaired) electrons. The van der Waals surface area contributed by atoms with Crippen molar-refractivity contribution in [3.8, 4) is 0 Å². The van der Waals surface area contributed by atoms with E-state index in [9.17, 15) is 13.6 Å². The number of carbonyl (C=O) groups excluding carboxylic acids is 1. The number of aromatic nitrogens is 3. The van der Waals surface area contributed by atoms with Crippen molar-refractivity contribution in [1.82, 2.24) is 19.7 Å². The van der Waals surface area contributed by atoms with Crippen molar-refractivity contribution in [3.05, 3.63) is 77.1 Å².